The molecule has 0 unspecified atom stereocenters. The predicted molar refractivity (Wildman–Crippen MR) is 81.7 cm³/mol. The third-order valence-corrected chi connectivity index (χ3v) is 3.31. The van der Waals surface area contributed by atoms with E-state index in [1.807, 2.05) is 6.92 Å². The van der Waals surface area contributed by atoms with Gasteiger partial charge in [-0.15, -0.1) is 0 Å². The van der Waals surface area contributed by atoms with Crippen LogP contribution < -0.4 is 5.56 Å². The first-order valence-corrected chi connectivity index (χ1v) is 7.04. The van der Waals surface area contributed by atoms with Gasteiger partial charge in [0, 0.05) is 18.3 Å². The molecular formula is C17H12F2N2O3. The minimum absolute atomic E-state index is 0.245. The summed E-state index contributed by atoms with van der Waals surface area (Å²) in [6.07, 6.45) is 1.65. The maximum Gasteiger partial charge on any atom is 0.338 e. The van der Waals surface area contributed by atoms with Gasteiger partial charge in [-0.05, 0) is 30.7 Å². The summed E-state index contributed by atoms with van der Waals surface area (Å²) in [6.45, 7) is 1.57. The van der Waals surface area contributed by atoms with Crippen molar-refractivity contribution in [3.63, 3.8) is 0 Å². The van der Waals surface area contributed by atoms with Crippen LogP contribution in [0.3, 0.4) is 0 Å². The molecule has 1 aromatic carbocycles. The van der Waals surface area contributed by atoms with Gasteiger partial charge in [-0.2, -0.15) is 0 Å². The van der Waals surface area contributed by atoms with Gasteiger partial charge < -0.3 is 4.74 Å². The van der Waals surface area contributed by atoms with Crippen LogP contribution in [0.5, 0.6) is 0 Å². The zero-order valence-electron chi connectivity index (χ0n) is 12.6. The van der Waals surface area contributed by atoms with E-state index in [0.717, 1.165) is 17.7 Å². The second-order valence-corrected chi connectivity index (χ2v) is 5.25. The molecule has 2 aromatic heterocycles. The van der Waals surface area contributed by atoms with Crippen molar-refractivity contribution < 1.29 is 18.3 Å². The zero-order chi connectivity index (χ0) is 17.3. The number of aromatic nitrogens is 2. The average Bonchev–Trinajstić information content (AvgIpc) is 2.52. The molecule has 0 bridgehead atoms. The fourth-order valence-corrected chi connectivity index (χ4v) is 2.23. The number of pyridine rings is 1. The van der Waals surface area contributed by atoms with Crippen molar-refractivity contribution in [2.24, 2.45) is 0 Å². The highest BCUT2D eigenvalue weighted by atomic mass is 19.1. The van der Waals surface area contributed by atoms with Crippen molar-refractivity contribution in [2.45, 2.75) is 13.5 Å². The summed E-state index contributed by atoms with van der Waals surface area (Å²) < 4.78 is 32.6. The van der Waals surface area contributed by atoms with Crippen molar-refractivity contribution in [3.05, 3.63) is 81.4 Å². The van der Waals surface area contributed by atoms with E-state index < -0.39 is 17.6 Å². The summed E-state index contributed by atoms with van der Waals surface area (Å²) in [5.41, 5.74) is 0.996. The van der Waals surface area contributed by atoms with Crippen molar-refractivity contribution >= 4 is 11.6 Å². The minimum Gasteiger partial charge on any atom is -0.456 e. The normalized spacial score (nSPS) is 10.8. The highest BCUT2D eigenvalue weighted by molar-refractivity contribution is 5.89. The largest absolute Gasteiger partial charge is 0.456 e. The van der Waals surface area contributed by atoms with Crippen LogP contribution >= 0.6 is 0 Å². The van der Waals surface area contributed by atoms with Gasteiger partial charge >= 0.3 is 5.97 Å². The van der Waals surface area contributed by atoms with Crippen molar-refractivity contribution in [1.29, 1.82) is 0 Å². The van der Waals surface area contributed by atoms with Crippen molar-refractivity contribution in [2.75, 3.05) is 0 Å². The van der Waals surface area contributed by atoms with Gasteiger partial charge in [0.25, 0.3) is 5.56 Å². The second kappa shape index (κ2) is 6.19. The lowest BCUT2D eigenvalue weighted by atomic mass is 10.2. The molecule has 0 aliphatic heterocycles. The lowest BCUT2D eigenvalue weighted by Crippen LogP contribution is -2.17. The molecule has 0 radical (unpaired) electrons. The van der Waals surface area contributed by atoms with Gasteiger partial charge in [-0.1, -0.05) is 6.07 Å². The first-order chi connectivity index (χ1) is 11.4. The SMILES string of the molecule is Cc1ccc2nc(COC(=O)c3cc(F)cc(F)c3)cc(=O)n2c1. The first kappa shape index (κ1) is 15.8. The number of hydrogen-bond acceptors (Lipinski definition) is 4. The van der Waals surface area contributed by atoms with Crippen molar-refractivity contribution in [1.82, 2.24) is 9.38 Å². The topological polar surface area (TPSA) is 60.7 Å². The molecule has 7 heteroatoms. The molecule has 0 spiro atoms. The molecule has 122 valence electrons. The quantitative estimate of drug-likeness (QED) is 0.693. The number of fused-ring (bicyclic) bond motifs is 1. The van der Waals surface area contributed by atoms with Crippen LogP contribution in [0.25, 0.3) is 5.65 Å². The van der Waals surface area contributed by atoms with E-state index in [1.54, 1.807) is 18.3 Å². The van der Waals surface area contributed by atoms with E-state index in [4.69, 9.17) is 4.74 Å². The van der Waals surface area contributed by atoms with Gasteiger partial charge in [-0.25, -0.2) is 18.6 Å². The Bertz CT molecular complexity index is 979. The Balaban J connectivity index is 1.81. The monoisotopic (exact) mass is 330 g/mol. The highest BCUT2D eigenvalue weighted by Gasteiger charge is 2.12. The molecule has 24 heavy (non-hydrogen) atoms. The lowest BCUT2D eigenvalue weighted by Gasteiger charge is -2.07. The fraction of sp³-hybridized carbons (Fsp3) is 0.118. The molecule has 3 rings (SSSR count). The van der Waals surface area contributed by atoms with Crippen LogP contribution in [-0.4, -0.2) is 15.4 Å². The van der Waals surface area contributed by atoms with Gasteiger partial charge in [-0.3, -0.25) is 9.20 Å². The Morgan fingerprint density at radius 1 is 1.17 bits per heavy atom. The van der Waals surface area contributed by atoms with Crippen LogP contribution in [0.1, 0.15) is 21.6 Å². The summed E-state index contributed by atoms with van der Waals surface area (Å²) in [5.74, 6) is -2.65. The van der Waals surface area contributed by atoms with E-state index in [9.17, 15) is 18.4 Å². The van der Waals surface area contributed by atoms with Crippen LogP contribution in [-0.2, 0) is 11.3 Å². The Kier molecular flexibility index (Phi) is 4.07. The number of halogens is 2. The number of rotatable bonds is 3. The molecule has 0 aliphatic rings. The van der Waals surface area contributed by atoms with Crippen LogP contribution in [0.2, 0.25) is 0 Å². The third-order valence-electron chi connectivity index (χ3n) is 3.31. The maximum atomic E-state index is 13.1. The molecule has 0 atom stereocenters. The molecule has 0 fully saturated rings. The second-order valence-electron chi connectivity index (χ2n) is 5.25. The smallest absolute Gasteiger partial charge is 0.338 e. The molecule has 0 amide bonds. The summed E-state index contributed by atoms with van der Waals surface area (Å²) in [4.78, 5) is 28.1. The van der Waals surface area contributed by atoms with Crippen LogP contribution in [0, 0.1) is 18.6 Å². The molecule has 0 saturated carbocycles. The molecular weight excluding hydrogens is 318 g/mol. The van der Waals surface area contributed by atoms with Gasteiger partial charge in [0.15, 0.2) is 0 Å². The van der Waals surface area contributed by atoms with E-state index in [2.05, 4.69) is 4.98 Å². The molecule has 0 N–H and O–H groups in total. The van der Waals surface area contributed by atoms with Gasteiger partial charge in [0.2, 0.25) is 0 Å². The molecule has 0 aliphatic carbocycles. The fourth-order valence-electron chi connectivity index (χ4n) is 2.23. The molecule has 5 nitrogen and oxygen atoms in total. The third kappa shape index (κ3) is 3.29. The number of benzene rings is 1. The number of carbonyl (C=O) groups is 1. The summed E-state index contributed by atoms with van der Waals surface area (Å²) >= 11 is 0. The summed E-state index contributed by atoms with van der Waals surface area (Å²) in [7, 11) is 0. The van der Waals surface area contributed by atoms with E-state index in [1.165, 1.54) is 10.5 Å². The Morgan fingerprint density at radius 2 is 1.88 bits per heavy atom. The minimum atomic E-state index is -0.903. The summed E-state index contributed by atoms with van der Waals surface area (Å²) in [6, 6.07) is 7.11. The summed E-state index contributed by atoms with van der Waals surface area (Å²) in [5, 5.41) is 0. The van der Waals surface area contributed by atoms with E-state index in [0.29, 0.717) is 11.7 Å². The number of hydrogen-bond donors (Lipinski definition) is 0. The number of nitrogens with zero attached hydrogens (tertiary/aromatic N) is 2. The van der Waals surface area contributed by atoms with E-state index >= 15 is 0 Å². The van der Waals surface area contributed by atoms with E-state index in [-0.39, 0.29) is 23.4 Å². The number of esters is 1. The average molecular weight is 330 g/mol. The highest BCUT2D eigenvalue weighted by Crippen LogP contribution is 2.10. The Hall–Kier alpha value is -3.09. The van der Waals surface area contributed by atoms with Crippen LogP contribution in [0.15, 0.2) is 47.4 Å². The number of carbonyl (C=O) groups excluding carboxylic acids is 1. The molecule has 3 aromatic rings. The number of aryl methyl sites for hydroxylation is 1. The lowest BCUT2D eigenvalue weighted by molar-refractivity contribution is 0.0466. The zero-order valence-corrected chi connectivity index (χ0v) is 12.6. The molecule has 0 saturated heterocycles. The Morgan fingerprint density at radius 3 is 2.58 bits per heavy atom. The maximum absolute atomic E-state index is 13.1. The molecule has 2 heterocycles. The number of ether oxygens (including phenoxy) is 1. The predicted octanol–water partition coefficient (Wildman–Crippen LogP) is 2.64. The first-order valence-electron chi connectivity index (χ1n) is 7.04. The standard InChI is InChI=1S/C17H12F2N2O3/c1-10-2-3-15-20-14(7-16(22)21(15)8-10)9-24-17(23)11-4-12(18)6-13(19)5-11/h2-8H,9H2,1H3. The Labute approximate surface area is 135 Å². The van der Waals surface area contributed by atoms with Crippen LogP contribution in [0.4, 0.5) is 8.78 Å². The van der Waals surface area contributed by atoms with Gasteiger partial charge in [0.05, 0.1) is 11.3 Å². The van der Waals surface area contributed by atoms with Crippen molar-refractivity contribution in [3.8, 4) is 0 Å². The van der Waals surface area contributed by atoms with Gasteiger partial charge in [0.1, 0.15) is 23.9 Å².